The van der Waals surface area contributed by atoms with Crippen molar-refractivity contribution in [1.29, 1.82) is 0 Å². The zero-order chi connectivity index (χ0) is 20.3. The fourth-order valence-corrected chi connectivity index (χ4v) is 4.23. The third kappa shape index (κ3) is 4.84. The van der Waals surface area contributed by atoms with Crippen LogP contribution in [0.1, 0.15) is 15.9 Å². The number of carbonyl (C=O) groups excluding carboxylic acids is 1. The van der Waals surface area contributed by atoms with Crippen LogP contribution in [0, 0.1) is 6.92 Å². The van der Waals surface area contributed by atoms with Gasteiger partial charge in [-0.25, -0.2) is 8.42 Å². The summed E-state index contributed by atoms with van der Waals surface area (Å²) in [4.78, 5) is 12.5. The second-order valence-corrected chi connectivity index (χ2v) is 8.62. The third-order valence-electron chi connectivity index (χ3n) is 3.92. The number of benzene rings is 3. The van der Waals surface area contributed by atoms with E-state index in [9.17, 15) is 13.2 Å². The lowest BCUT2D eigenvalue weighted by atomic mass is 10.2. The van der Waals surface area contributed by atoms with E-state index in [-0.39, 0.29) is 10.5 Å². The minimum Gasteiger partial charge on any atom is -0.322 e. The van der Waals surface area contributed by atoms with Crippen LogP contribution in [0.5, 0.6) is 0 Å². The van der Waals surface area contributed by atoms with Gasteiger partial charge in [0.1, 0.15) is 0 Å². The Balaban J connectivity index is 1.85. The topological polar surface area (TPSA) is 75.3 Å². The molecule has 5 nitrogen and oxygen atoms in total. The van der Waals surface area contributed by atoms with Gasteiger partial charge in [0.05, 0.1) is 10.6 Å². The van der Waals surface area contributed by atoms with Gasteiger partial charge in [0.15, 0.2) is 0 Å². The van der Waals surface area contributed by atoms with Crippen molar-refractivity contribution in [2.24, 2.45) is 0 Å². The first-order chi connectivity index (χ1) is 13.2. The Hall–Kier alpha value is -2.54. The standard InChI is InChI=1S/C20H16Cl2N2O3S/c1-13-5-2-3-8-19(13)24-28(26,27)18-7-4-6-14(9-18)20(25)23-17-11-15(21)10-16(22)12-17/h2-12,24H,1H3,(H,23,25). The summed E-state index contributed by atoms with van der Waals surface area (Å²) in [5.41, 5.74) is 1.86. The zero-order valence-electron chi connectivity index (χ0n) is 14.7. The van der Waals surface area contributed by atoms with Crippen LogP contribution in [0.3, 0.4) is 0 Å². The Morgan fingerprint density at radius 2 is 1.57 bits per heavy atom. The van der Waals surface area contributed by atoms with E-state index in [0.717, 1.165) is 5.56 Å². The van der Waals surface area contributed by atoms with Crippen LogP contribution in [0.4, 0.5) is 11.4 Å². The number of hydrogen-bond acceptors (Lipinski definition) is 3. The number of rotatable bonds is 5. The number of hydrogen-bond donors (Lipinski definition) is 2. The van der Waals surface area contributed by atoms with Gasteiger partial charge in [0.25, 0.3) is 15.9 Å². The van der Waals surface area contributed by atoms with Gasteiger partial charge in [0, 0.05) is 21.3 Å². The predicted octanol–water partition coefficient (Wildman–Crippen LogP) is 5.35. The zero-order valence-corrected chi connectivity index (χ0v) is 17.1. The van der Waals surface area contributed by atoms with Crippen molar-refractivity contribution in [3.05, 3.63) is 87.9 Å². The smallest absolute Gasteiger partial charge is 0.261 e. The molecule has 0 heterocycles. The van der Waals surface area contributed by atoms with Crippen molar-refractivity contribution in [1.82, 2.24) is 0 Å². The lowest BCUT2D eigenvalue weighted by molar-refractivity contribution is 0.102. The summed E-state index contributed by atoms with van der Waals surface area (Å²) in [5.74, 6) is -0.480. The predicted molar refractivity (Wildman–Crippen MR) is 113 cm³/mol. The minimum absolute atomic E-state index is 0.0208. The maximum absolute atomic E-state index is 12.7. The van der Waals surface area contributed by atoms with Crippen molar-refractivity contribution >= 4 is 50.5 Å². The van der Waals surface area contributed by atoms with E-state index in [1.807, 2.05) is 6.07 Å². The molecule has 2 N–H and O–H groups in total. The maximum atomic E-state index is 12.7. The summed E-state index contributed by atoms with van der Waals surface area (Å²) in [6.07, 6.45) is 0. The highest BCUT2D eigenvalue weighted by Gasteiger charge is 2.17. The van der Waals surface area contributed by atoms with Crippen LogP contribution in [0.15, 0.2) is 71.6 Å². The molecule has 3 aromatic rings. The Kier molecular flexibility index (Phi) is 5.93. The molecule has 0 aliphatic heterocycles. The lowest BCUT2D eigenvalue weighted by Crippen LogP contribution is -2.16. The van der Waals surface area contributed by atoms with Gasteiger partial charge < -0.3 is 5.32 Å². The highest BCUT2D eigenvalue weighted by Crippen LogP contribution is 2.24. The summed E-state index contributed by atoms with van der Waals surface area (Å²) < 4.78 is 27.9. The number of halogens is 2. The molecule has 28 heavy (non-hydrogen) atoms. The van der Waals surface area contributed by atoms with E-state index in [1.165, 1.54) is 24.3 Å². The van der Waals surface area contributed by atoms with E-state index < -0.39 is 15.9 Å². The van der Waals surface area contributed by atoms with Gasteiger partial charge >= 0.3 is 0 Å². The Bertz CT molecular complexity index is 1130. The molecular weight excluding hydrogens is 419 g/mol. The number of anilines is 2. The largest absolute Gasteiger partial charge is 0.322 e. The second kappa shape index (κ2) is 8.22. The molecule has 0 spiro atoms. The van der Waals surface area contributed by atoms with Gasteiger partial charge in [-0.05, 0) is 55.0 Å². The van der Waals surface area contributed by atoms with Crippen LogP contribution >= 0.6 is 23.2 Å². The van der Waals surface area contributed by atoms with Crippen LogP contribution < -0.4 is 10.0 Å². The van der Waals surface area contributed by atoms with Crippen molar-refractivity contribution in [3.8, 4) is 0 Å². The number of nitrogens with one attached hydrogen (secondary N) is 2. The average Bonchev–Trinajstić information content (AvgIpc) is 2.63. The molecule has 0 aromatic heterocycles. The normalized spacial score (nSPS) is 11.1. The molecule has 0 aliphatic rings. The Labute approximate surface area is 173 Å². The van der Waals surface area contributed by atoms with Gasteiger partial charge in [-0.2, -0.15) is 0 Å². The van der Waals surface area contributed by atoms with Crippen LogP contribution in [0.2, 0.25) is 10.0 Å². The highest BCUT2D eigenvalue weighted by molar-refractivity contribution is 7.92. The SMILES string of the molecule is Cc1ccccc1NS(=O)(=O)c1cccc(C(=O)Nc2cc(Cl)cc(Cl)c2)c1. The molecule has 0 fully saturated rings. The first-order valence-corrected chi connectivity index (χ1v) is 10.4. The van der Waals surface area contributed by atoms with Crippen molar-refractivity contribution in [3.63, 3.8) is 0 Å². The van der Waals surface area contributed by atoms with Crippen LogP contribution in [-0.2, 0) is 10.0 Å². The summed E-state index contributed by atoms with van der Waals surface area (Å²) >= 11 is 11.9. The van der Waals surface area contributed by atoms with Crippen molar-refractivity contribution < 1.29 is 13.2 Å². The molecular formula is C20H16Cl2N2O3S. The summed E-state index contributed by atoms with van der Waals surface area (Å²) in [7, 11) is -3.85. The summed E-state index contributed by atoms with van der Waals surface area (Å²) in [6, 6.07) is 17.4. The fraction of sp³-hybridized carbons (Fsp3) is 0.0500. The first-order valence-electron chi connectivity index (χ1n) is 8.20. The van der Waals surface area contributed by atoms with Crippen molar-refractivity contribution in [2.75, 3.05) is 10.0 Å². The summed E-state index contributed by atoms with van der Waals surface area (Å²) in [5, 5.41) is 3.41. The molecule has 0 atom stereocenters. The average molecular weight is 435 g/mol. The number of aryl methyl sites for hydroxylation is 1. The van der Waals surface area contributed by atoms with Crippen LogP contribution in [0.25, 0.3) is 0 Å². The monoisotopic (exact) mass is 434 g/mol. The fourth-order valence-electron chi connectivity index (χ4n) is 2.52. The molecule has 144 valence electrons. The number of carbonyl (C=O) groups is 1. The van der Waals surface area contributed by atoms with Gasteiger partial charge in [-0.3, -0.25) is 9.52 Å². The van der Waals surface area contributed by atoms with E-state index in [2.05, 4.69) is 10.0 Å². The molecule has 0 radical (unpaired) electrons. The number of para-hydroxylation sites is 1. The second-order valence-electron chi connectivity index (χ2n) is 6.06. The molecule has 1 amide bonds. The highest BCUT2D eigenvalue weighted by atomic mass is 35.5. The molecule has 3 aromatic carbocycles. The quantitative estimate of drug-likeness (QED) is 0.567. The Morgan fingerprint density at radius 3 is 2.25 bits per heavy atom. The summed E-state index contributed by atoms with van der Waals surface area (Å²) in [6.45, 7) is 1.80. The van der Waals surface area contributed by atoms with E-state index in [4.69, 9.17) is 23.2 Å². The van der Waals surface area contributed by atoms with Gasteiger partial charge in [-0.1, -0.05) is 47.5 Å². The lowest BCUT2D eigenvalue weighted by Gasteiger charge is -2.11. The van der Waals surface area contributed by atoms with Gasteiger partial charge in [0.2, 0.25) is 0 Å². The van der Waals surface area contributed by atoms with Crippen molar-refractivity contribution in [2.45, 2.75) is 11.8 Å². The maximum Gasteiger partial charge on any atom is 0.261 e. The van der Waals surface area contributed by atoms with Gasteiger partial charge in [-0.15, -0.1) is 0 Å². The van der Waals surface area contributed by atoms with Crippen LogP contribution in [-0.4, -0.2) is 14.3 Å². The number of amides is 1. The van der Waals surface area contributed by atoms with E-state index in [1.54, 1.807) is 43.3 Å². The minimum atomic E-state index is -3.85. The van der Waals surface area contributed by atoms with E-state index in [0.29, 0.717) is 21.4 Å². The first kappa shape index (κ1) is 20.2. The molecule has 0 aliphatic carbocycles. The molecule has 0 bridgehead atoms. The Morgan fingerprint density at radius 1 is 0.893 bits per heavy atom. The molecule has 0 saturated carbocycles. The molecule has 0 unspecified atom stereocenters. The number of sulfonamides is 1. The third-order valence-corrected chi connectivity index (χ3v) is 5.72. The molecule has 3 rings (SSSR count). The molecule has 0 saturated heterocycles. The molecule has 8 heteroatoms. The van der Waals surface area contributed by atoms with E-state index >= 15 is 0 Å².